The van der Waals surface area contributed by atoms with Crippen molar-refractivity contribution in [3.63, 3.8) is 0 Å². The standard InChI is InChI=1S/C35H30N4O4/c1-35-32(42-3)25(37(2)34(41)19-11-5-4-6-12-19)17-26(43-35)38-23-15-9-7-13-20(23)28-29-22(18-36-33(29)40)27-21-14-8-10-16-24(21)39(35)31(27)30(28)38/h4-16,25-26,32H,17-18H2,1-3H3,(H,36,40)/t25-,26+,32+,35+/m0/s1. The van der Waals surface area contributed by atoms with Crippen LogP contribution >= 0.6 is 0 Å². The highest BCUT2D eigenvalue weighted by Gasteiger charge is 2.55. The van der Waals surface area contributed by atoms with Crippen LogP contribution in [0.25, 0.3) is 43.6 Å². The Morgan fingerprint density at radius 2 is 1.63 bits per heavy atom. The summed E-state index contributed by atoms with van der Waals surface area (Å²) in [6, 6.07) is 25.7. The van der Waals surface area contributed by atoms with Gasteiger partial charge in [-0.15, -0.1) is 0 Å². The minimum atomic E-state index is -0.980. The third-order valence-corrected chi connectivity index (χ3v) is 10.0. The molecular weight excluding hydrogens is 540 g/mol. The maximum atomic E-state index is 13.9. The van der Waals surface area contributed by atoms with E-state index >= 15 is 0 Å². The molecule has 3 aliphatic rings. The lowest BCUT2D eigenvalue weighted by molar-refractivity contribution is -0.264. The number of nitrogens with one attached hydrogen (secondary N) is 1. The predicted molar refractivity (Wildman–Crippen MR) is 165 cm³/mol. The van der Waals surface area contributed by atoms with E-state index in [0.717, 1.165) is 54.7 Å². The van der Waals surface area contributed by atoms with Crippen LogP contribution in [0.1, 0.15) is 45.9 Å². The Labute approximate surface area is 247 Å². The summed E-state index contributed by atoms with van der Waals surface area (Å²) in [5.41, 5.74) is 5.46. The number of nitrogens with zero attached hydrogens (tertiary/aromatic N) is 3. The number of carbonyl (C=O) groups excluding carboxylic acids is 2. The van der Waals surface area contributed by atoms with Gasteiger partial charge in [0.15, 0.2) is 5.72 Å². The quantitative estimate of drug-likeness (QED) is 0.287. The van der Waals surface area contributed by atoms with Crippen molar-refractivity contribution >= 4 is 55.4 Å². The van der Waals surface area contributed by atoms with Crippen molar-refractivity contribution in [2.24, 2.45) is 0 Å². The minimum Gasteiger partial charge on any atom is -0.374 e. The molecule has 3 aliphatic heterocycles. The topological polar surface area (TPSA) is 77.7 Å². The predicted octanol–water partition coefficient (Wildman–Crippen LogP) is 5.91. The van der Waals surface area contributed by atoms with Crippen LogP contribution in [-0.2, 0) is 21.7 Å². The summed E-state index contributed by atoms with van der Waals surface area (Å²) in [5.74, 6) is -0.107. The second-order valence-corrected chi connectivity index (χ2v) is 12.1. The Morgan fingerprint density at radius 1 is 0.953 bits per heavy atom. The Morgan fingerprint density at radius 3 is 2.37 bits per heavy atom. The summed E-state index contributed by atoms with van der Waals surface area (Å²) in [7, 11) is 3.57. The van der Waals surface area contributed by atoms with Crippen LogP contribution in [0, 0.1) is 0 Å². The molecule has 6 aromatic rings. The van der Waals surface area contributed by atoms with E-state index in [9.17, 15) is 9.59 Å². The van der Waals surface area contributed by atoms with Gasteiger partial charge < -0.3 is 28.8 Å². The molecule has 0 radical (unpaired) electrons. The summed E-state index contributed by atoms with van der Waals surface area (Å²) in [4.78, 5) is 29.2. The largest absolute Gasteiger partial charge is 0.374 e. The lowest BCUT2D eigenvalue weighted by Crippen LogP contribution is -2.61. The van der Waals surface area contributed by atoms with E-state index < -0.39 is 18.1 Å². The van der Waals surface area contributed by atoms with Gasteiger partial charge in [-0.1, -0.05) is 54.6 Å². The van der Waals surface area contributed by atoms with Crippen molar-refractivity contribution in [3.05, 3.63) is 95.6 Å². The lowest BCUT2D eigenvalue weighted by Gasteiger charge is -2.50. The van der Waals surface area contributed by atoms with Crippen LogP contribution < -0.4 is 5.32 Å². The van der Waals surface area contributed by atoms with Gasteiger partial charge in [0.1, 0.15) is 12.3 Å². The Kier molecular flexibility index (Phi) is 4.90. The number of aromatic nitrogens is 2. The molecule has 43 heavy (non-hydrogen) atoms. The van der Waals surface area contributed by atoms with E-state index in [2.05, 4.69) is 45.6 Å². The van der Waals surface area contributed by atoms with Crippen molar-refractivity contribution in [3.8, 4) is 0 Å². The number of hydrogen-bond donors (Lipinski definition) is 1. The smallest absolute Gasteiger partial charge is 0.253 e. The second-order valence-electron chi connectivity index (χ2n) is 12.1. The number of ether oxygens (including phenoxy) is 2. The highest BCUT2D eigenvalue weighted by atomic mass is 16.6. The van der Waals surface area contributed by atoms with Gasteiger partial charge >= 0.3 is 0 Å². The normalized spacial score (nSPS) is 24.2. The molecule has 0 spiro atoms. The number of para-hydroxylation sites is 2. The molecule has 4 aromatic carbocycles. The van der Waals surface area contributed by atoms with Crippen LogP contribution in [0.3, 0.4) is 0 Å². The van der Waals surface area contributed by atoms with Gasteiger partial charge in [0.2, 0.25) is 0 Å². The molecule has 8 heteroatoms. The number of rotatable bonds is 3. The van der Waals surface area contributed by atoms with Crippen molar-refractivity contribution in [1.82, 2.24) is 19.4 Å². The Hall–Kier alpha value is -4.66. The van der Waals surface area contributed by atoms with Gasteiger partial charge in [-0.3, -0.25) is 9.59 Å². The molecule has 1 N–H and O–H groups in total. The monoisotopic (exact) mass is 570 g/mol. The third-order valence-electron chi connectivity index (χ3n) is 10.0. The maximum Gasteiger partial charge on any atom is 0.253 e. The molecule has 2 amide bonds. The molecule has 0 aliphatic carbocycles. The first kappa shape index (κ1) is 24.9. The number of methoxy groups -OCH3 is 1. The fourth-order valence-corrected chi connectivity index (χ4v) is 8.33. The molecule has 2 aromatic heterocycles. The van der Waals surface area contributed by atoms with Crippen LogP contribution in [0.15, 0.2) is 78.9 Å². The van der Waals surface area contributed by atoms with Gasteiger partial charge in [0, 0.05) is 54.2 Å². The van der Waals surface area contributed by atoms with Gasteiger partial charge in [-0.05, 0) is 36.8 Å². The summed E-state index contributed by atoms with van der Waals surface area (Å²) < 4.78 is 18.1. The van der Waals surface area contributed by atoms with Crippen molar-refractivity contribution in [1.29, 1.82) is 0 Å². The summed E-state index contributed by atoms with van der Waals surface area (Å²) >= 11 is 0. The average molecular weight is 571 g/mol. The van der Waals surface area contributed by atoms with Crippen LogP contribution in [0.2, 0.25) is 0 Å². The molecule has 4 atom stereocenters. The molecule has 1 fully saturated rings. The average Bonchev–Trinajstić information content (AvgIpc) is 3.68. The first-order chi connectivity index (χ1) is 20.9. The molecule has 8 nitrogen and oxygen atoms in total. The van der Waals surface area contributed by atoms with Gasteiger partial charge in [0.05, 0.1) is 33.7 Å². The van der Waals surface area contributed by atoms with Crippen molar-refractivity contribution in [2.75, 3.05) is 14.2 Å². The summed E-state index contributed by atoms with van der Waals surface area (Å²) in [5, 5.41) is 7.24. The van der Waals surface area contributed by atoms with Crippen molar-refractivity contribution in [2.45, 2.75) is 44.0 Å². The zero-order chi connectivity index (χ0) is 29.2. The van der Waals surface area contributed by atoms with Gasteiger partial charge in [0.25, 0.3) is 11.8 Å². The van der Waals surface area contributed by atoms with Crippen LogP contribution in [0.4, 0.5) is 0 Å². The van der Waals surface area contributed by atoms with E-state index in [1.165, 1.54) is 0 Å². The number of carbonyl (C=O) groups is 2. The number of fused-ring (bicyclic) bond motifs is 13. The first-order valence-electron chi connectivity index (χ1n) is 14.8. The number of likely N-dealkylation sites (N-methyl/N-ethyl adjacent to an activating group) is 1. The van der Waals surface area contributed by atoms with E-state index in [1.807, 2.05) is 66.5 Å². The van der Waals surface area contributed by atoms with Gasteiger partial charge in [-0.25, -0.2) is 0 Å². The van der Waals surface area contributed by atoms with Crippen LogP contribution in [0.5, 0.6) is 0 Å². The van der Waals surface area contributed by atoms with Crippen LogP contribution in [-0.4, -0.2) is 52.2 Å². The molecule has 9 rings (SSSR count). The highest BCUT2D eigenvalue weighted by molar-refractivity contribution is 6.31. The minimum absolute atomic E-state index is 0.0446. The fraction of sp³-hybridized carbons (Fsp3) is 0.257. The number of amides is 2. The summed E-state index contributed by atoms with van der Waals surface area (Å²) in [6.07, 6.45) is -0.386. The molecular formula is C35H30N4O4. The van der Waals surface area contributed by atoms with E-state index in [1.54, 1.807) is 7.11 Å². The van der Waals surface area contributed by atoms with E-state index in [0.29, 0.717) is 18.5 Å². The zero-order valence-corrected chi connectivity index (χ0v) is 24.1. The number of hydrogen-bond acceptors (Lipinski definition) is 4. The second kappa shape index (κ2) is 8.46. The molecule has 5 heterocycles. The first-order valence-corrected chi connectivity index (χ1v) is 14.8. The summed E-state index contributed by atoms with van der Waals surface area (Å²) in [6.45, 7) is 2.56. The molecule has 0 saturated carbocycles. The lowest BCUT2D eigenvalue weighted by atomic mass is 9.91. The molecule has 214 valence electrons. The van der Waals surface area contributed by atoms with Crippen molar-refractivity contribution < 1.29 is 19.1 Å². The maximum absolute atomic E-state index is 13.9. The van der Waals surface area contributed by atoms with E-state index in [-0.39, 0.29) is 17.9 Å². The Bertz CT molecular complexity index is 2180. The van der Waals surface area contributed by atoms with Gasteiger partial charge in [-0.2, -0.15) is 0 Å². The van der Waals surface area contributed by atoms with E-state index in [4.69, 9.17) is 9.47 Å². The fourth-order valence-electron chi connectivity index (χ4n) is 8.33. The SMILES string of the molecule is CO[C@@H]1[C@@H](N(C)C(=O)c2ccccc2)C[C@H]2O[C@@]1(C)n1c3ccccc3c3c4c(c5c6ccccc6n2c5c31)C(=O)NC4. The Balaban J connectivity index is 1.43. The zero-order valence-electron chi connectivity index (χ0n) is 24.1. The number of benzene rings is 4. The molecule has 2 bridgehead atoms. The highest BCUT2D eigenvalue weighted by Crippen LogP contribution is 2.54. The molecule has 1 saturated heterocycles. The third kappa shape index (κ3) is 2.97. The molecule has 0 unspecified atom stereocenters.